The van der Waals surface area contributed by atoms with Crippen molar-refractivity contribution < 1.29 is 13.9 Å². The number of carbonyl (C=O) groups excluding carboxylic acids is 1. The molecule has 0 saturated heterocycles. The number of hydrogen-bond donors (Lipinski definition) is 1. The van der Waals surface area contributed by atoms with E-state index in [1.807, 2.05) is 38.1 Å². The molecule has 3 aliphatic rings. The maximum absolute atomic E-state index is 15.7. The molecule has 3 aromatic rings. The molecule has 0 bridgehead atoms. The van der Waals surface area contributed by atoms with E-state index in [0.29, 0.717) is 36.7 Å². The quantitative estimate of drug-likeness (QED) is 0.570. The molecule has 1 aliphatic carbocycles. The number of carbonyl (C=O) groups is 1. The van der Waals surface area contributed by atoms with Gasteiger partial charge in [-0.3, -0.25) is 9.78 Å². The van der Waals surface area contributed by atoms with Gasteiger partial charge in [0.1, 0.15) is 23.4 Å². The highest BCUT2D eigenvalue weighted by atomic mass is 19.1. The zero-order chi connectivity index (χ0) is 24.8. The molecule has 4 heterocycles. The van der Waals surface area contributed by atoms with Gasteiger partial charge in [0.25, 0.3) is 5.91 Å². The predicted octanol–water partition coefficient (Wildman–Crippen LogP) is 3.82. The molecule has 1 N–H and O–H groups in total. The molecule has 1 amide bonds. The summed E-state index contributed by atoms with van der Waals surface area (Å²) in [6.45, 7) is 6.57. The lowest BCUT2D eigenvalue weighted by molar-refractivity contribution is -0.135. The molecular weight excluding hydrogens is 457 g/mol. The molecule has 1 atom stereocenters. The van der Waals surface area contributed by atoms with Gasteiger partial charge < -0.3 is 19.5 Å². The molecule has 2 aliphatic heterocycles. The van der Waals surface area contributed by atoms with Crippen LogP contribution in [0.5, 0.6) is 5.75 Å². The first-order chi connectivity index (χ1) is 17.5. The van der Waals surface area contributed by atoms with Crippen molar-refractivity contribution in [2.75, 3.05) is 19.7 Å². The molecular formula is C28H32FN5O2. The normalized spacial score (nSPS) is 19.1. The van der Waals surface area contributed by atoms with Gasteiger partial charge in [-0.25, -0.2) is 9.37 Å². The summed E-state index contributed by atoms with van der Waals surface area (Å²) in [4.78, 5) is 24.8. The minimum Gasteiger partial charge on any atom is -0.482 e. The van der Waals surface area contributed by atoms with E-state index < -0.39 is 6.04 Å². The van der Waals surface area contributed by atoms with E-state index in [2.05, 4.69) is 14.9 Å². The highest BCUT2D eigenvalue weighted by Gasteiger charge is 2.39. The van der Waals surface area contributed by atoms with E-state index in [-0.39, 0.29) is 18.3 Å². The maximum Gasteiger partial charge on any atom is 0.261 e. The number of amides is 1. The fourth-order valence-corrected chi connectivity index (χ4v) is 5.56. The van der Waals surface area contributed by atoms with Gasteiger partial charge in [0, 0.05) is 37.3 Å². The number of fused-ring (bicyclic) bond motifs is 3. The molecule has 8 heteroatoms. The number of pyridine rings is 1. The second-order valence-electron chi connectivity index (χ2n) is 10.0. The Kier molecular flexibility index (Phi) is 5.99. The van der Waals surface area contributed by atoms with Crippen LogP contribution >= 0.6 is 0 Å². The van der Waals surface area contributed by atoms with E-state index in [1.54, 1.807) is 11.0 Å². The molecule has 36 heavy (non-hydrogen) atoms. The Morgan fingerprint density at radius 2 is 2.06 bits per heavy atom. The van der Waals surface area contributed by atoms with Crippen molar-refractivity contribution in [1.82, 2.24) is 24.8 Å². The zero-order valence-corrected chi connectivity index (χ0v) is 20.9. The fourth-order valence-electron chi connectivity index (χ4n) is 5.56. The summed E-state index contributed by atoms with van der Waals surface area (Å²) in [5, 5.41) is 3.37. The maximum atomic E-state index is 15.7. The smallest absolute Gasteiger partial charge is 0.261 e. The molecule has 1 saturated carbocycles. The van der Waals surface area contributed by atoms with Gasteiger partial charge in [-0.05, 0) is 55.9 Å². The Morgan fingerprint density at radius 3 is 2.83 bits per heavy atom. The van der Waals surface area contributed by atoms with Crippen LogP contribution in [0.1, 0.15) is 71.5 Å². The van der Waals surface area contributed by atoms with E-state index in [9.17, 15) is 4.79 Å². The van der Waals surface area contributed by atoms with Gasteiger partial charge in [0.15, 0.2) is 6.61 Å². The van der Waals surface area contributed by atoms with E-state index in [4.69, 9.17) is 9.72 Å². The van der Waals surface area contributed by atoms with Crippen molar-refractivity contribution >= 4 is 5.91 Å². The van der Waals surface area contributed by atoms with E-state index in [0.717, 1.165) is 66.5 Å². The van der Waals surface area contributed by atoms with Crippen LogP contribution in [-0.4, -0.2) is 45.0 Å². The number of halogens is 1. The number of nitrogens with zero attached hydrogens (tertiary/aromatic N) is 4. The first-order valence-electron chi connectivity index (χ1n) is 13.0. The second kappa shape index (κ2) is 9.32. The second-order valence-corrected chi connectivity index (χ2v) is 10.0. The lowest BCUT2D eigenvalue weighted by Gasteiger charge is -2.37. The zero-order valence-electron chi connectivity index (χ0n) is 20.9. The van der Waals surface area contributed by atoms with Crippen LogP contribution in [0.4, 0.5) is 4.39 Å². The molecule has 2 aromatic heterocycles. The standard InChI is InChI=1S/C28H32FN5O2/c1-3-22-24(9-4-17(2)31-22)36-16-26(35)34-12-10-23-28(33-13-11-30-15-25(33)32-23)27(34)20-8-7-19(14-21(20)29)18-5-6-18/h4,7-9,14,18,27,30H,3,5-6,10-13,15-16H2,1-2H3. The summed E-state index contributed by atoms with van der Waals surface area (Å²) in [5.74, 6) is 1.62. The summed E-state index contributed by atoms with van der Waals surface area (Å²) < 4.78 is 23.8. The van der Waals surface area contributed by atoms with Crippen LogP contribution in [0.3, 0.4) is 0 Å². The van der Waals surface area contributed by atoms with Crippen LogP contribution < -0.4 is 10.1 Å². The monoisotopic (exact) mass is 489 g/mol. The van der Waals surface area contributed by atoms with Crippen molar-refractivity contribution in [2.24, 2.45) is 0 Å². The van der Waals surface area contributed by atoms with Crippen molar-refractivity contribution in [3.8, 4) is 5.75 Å². The minimum atomic E-state index is -0.528. The van der Waals surface area contributed by atoms with Crippen molar-refractivity contribution in [3.05, 3.63) is 75.9 Å². The van der Waals surface area contributed by atoms with Crippen molar-refractivity contribution in [1.29, 1.82) is 0 Å². The van der Waals surface area contributed by atoms with Crippen LogP contribution in [0.2, 0.25) is 0 Å². The topological polar surface area (TPSA) is 72.3 Å². The Morgan fingerprint density at radius 1 is 1.19 bits per heavy atom. The highest BCUT2D eigenvalue weighted by molar-refractivity contribution is 5.79. The number of aromatic nitrogens is 3. The third kappa shape index (κ3) is 4.17. The number of rotatable bonds is 6. The Bertz CT molecular complexity index is 1320. The highest BCUT2D eigenvalue weighted by Crippen LogP contribution is 2.43. The fraction of sp³-hybridized carbons (Fsp3) is 0.464. The largest absolute Gasteiger partial charge is 0.482 e. The lowest BCUT2D eigenvalue weighted by atomic mass is 9.93. The predicted molar refractivity (Wildman–Crippen MR) is 133 cm³/mol. The van der Waals surface area contributed by atoms with Gasteiger partial charge in [-0.2, -0.15) is 0 Å². The summed E-state index contributed by atoms with van der Waals surface area (Å²) in [5.41, 5.74) is 5.23. The molecule has 7 nitrogen and oxygen atoms in total. The molecule has 1 fully saturated rings. The summed E-state index contributed by atoms with van der Waals surface area (Å²) >= 11 is 0. The van der Waals surface area contributed by atoms with Gasteiger partial charge in [-0.1, -0.05) is 19.1 Å². The van der Waals surface area contributed by atoms with Gasteiger partial charge in [0.2, 0.25) is 0 Å². The van der Waals surface area contributed by atoms with Crippen molar-refractivity contribution in [2.45, 2.75) is 64.6 Å². The number of imidazole rings is 1. The first kappa shape index (κ1) is 23.2. The van der Waals surface area contributed by atoms with Crippen LogP contribution in [0.15, 0.2) is 30.3 Å². The summed E-state index contributed by atoms with van der Waals surface area (Å²) in [6.07, 6.45) is 3.59. The van der Waals surface area contributed by atoms with Crippen LogP contribution in [0.25, 0.3) is 0 Å². The lowest BCUT2D eigenvalue weighted by Crippen LogP contribution is -2.44. The SMILES string of the molecule is CCc1nc(C)ccc1OCC(=O)N1CCc2nc3n(c2C1c1ccc(C2CC2)cc1F)CCNC3. The molecule has 1 aromatic carbocycles. The minimum absolute atomic E-state index is 0.117. The number of ether oxygens (including phenoxy) is 1. The molecule has 0 radical (unpaired) electrons. The van der Waals surface area contributed by atoms with Gasteiger partial charge in [-0.15, -0.1) is 0 Å². The van der Waals surface area contributed by atoms with E-state index in [1.165, 1.54) is 0 Å². The third-order valence-electron chi connectivity index (χ3n) is 7.56. The Balaban J connectivity index is 1.35. The molecule has 0 spiro atoms. The number of aryl methyl sites for hydroxylation is 2. The third-order valence-corrected chi connectivity index (χ3v) is 7.56. The van der Waals surface area contributed by atoms with Crippen molar-refractivity contribution in [3.63, 3.8) is 0 Å². The number of nitrogens with one attached hydrogen (secondary N) is 1. The average molecular weight is 490 g/mol. The number of hydrogen-bond acceptors (Lipinski definition) is 5. The molecule has 188 valence electrons. The number of benzene rings is 1. The first-order valence-corrected chi connectivity index (χ1v) is 13.0. The average Bonchev–Trinajstić information content (AvgIpc) is 3.67. The van der Waals surface area contributed by atoms with E-state index >= 15 is 4.39 Å². The van der Waals surface area contributed by atoms with Gasteiger partial charge >= 0.3 is 0 Å². The molecule has 1 unspecified atom stereocenters. The van der Waals surface area contributed by atoms with Crippen LogP contribution in [-0.2, 0) is 30.7 Å². The molecule has 6 rings (SSSR count). The Hall–Kier alpha value is -3.26. The summed E-state index contributed by atoms with van der Waals surface area (Å²) in [7, 11) is 0. The summed E-state index contributed by atoms with van der Waals surface area (Å²) in [6, 6.07) is 8.81. The van der Waals surface area contributed by atoms with Crippen LogP contribution in [0, 0.1) is 12.7 Å². The Labute approximate surface area is 210 Å². The van der Waals surface area contributed by atoms with Gasteiger partial charge in [0.05, 0.1) is 23.6 Å².